The molecule has 0 bridgehead atoms. The molecule has 2 aromatic heterocycles. The molecule has 0 saturated carbocycles. The highest BCUT2D eigenvalue weighted by Gasteiger charge is 2.39. The maximum Gasteiger partial charge on any atom is 0.171 e. The van der Waals surface area contributed by atoms with Crippen LogP contribution in [-0.2, 0) is 12.0 Å². The van der Waals surface area contributed by atoms with Crippen LogP contribution >= 0.6 is 0 Å². The number of hydrogen-bond acceptors (Lipinski definition) is 5. The molecular formula is C23H22N2O3. The summed E-state index contributed by atoms with van der Waals surface area (Å²) in [5, 5.41) is 14.5. The Kier molecular flexibility index (Phi) is 4.14. The van der Waals surface area contributed by atoms with E-state index >= 15 is 0 Å². The van der Waals surface area contributed by atoms with Crippen molar-refractivity contribution in [3.05, 3.63) is 77.3 Å². The summed E-state index contributed by atoms with van der Waals surface area (Å²) in [6.45, 7) is 1.48. The van der Waals surface area contributed by atoms with Gasteiger partial charge in [0.25, 0.3) is 0 Å². The number of piperidine rings is 1. The Balaban J connectivity index is 1.62. The third-order valence-corrected chi connectivity index (χ3v) is 5.99. The Hall–Kier alpha value is -2.76. The molecule has 28 heavy (non-hydrogen) atoms. The monoisotopic (exact) mass is 374 g/mol. The standard InChI is InChI=1S/C23H22N2O3/c26-21-17-4-2-1-3-16(17)13-18(21)19-14-20(23(27)7-11-25-12-8-23)28-22(19)15-5-9-24-10-6-15/h1-6,9-10,14,18,25,27H,7-8,11-13H2. The van der Waals surface area contributed by atoms with Gasteiger partial charge in [0, 0.05) is 29.1 Å². The maximum absolute atomic E-state index is 13.1. The Morgan fingerprint density at radius 1 is 1.11 bits per heavy atom. The second-order valence-corrected chi connectivity index (χ2v) is 7.69. The minimum Gasteiger partial charge on any atom is -0.458 e. The number of hydrogen-bond donors (Lipinski definition) is 2. The van der Waals surface area contributed by atoms with Crippen molar-refractivity contribution in [2.24, 2.45) is 0 Å². The highest BCUT2D eigenvalue weighted by Crippen LogP contribution is 2.43. The van der Waals surface area contributed by atoms with E-state index in [-0.39, 0.29) is 11.7 Å². The highest BCUT2D eigenvalue weighted by molar-refractivity contribution is 6.06. The Morgan fingerprint density at radius 3 is 2.61 bits per heavy atom. The fraction of sp³-hybridized carbons (Fsp3) is 0.304. The Labute approximate surface area is 163 Å². The zero-order valence-corrected chi connectivity index (χ0v) is 15.5. The van der Waals surface area contributed by atoms with Crippen molar-refractivity contribution in [3.63, 3.8) is 0 Å². The summed E-state index contributed by atoms with van der Waals surface area (Å²) < 4.78 is 6.25. The van der Waals surface area contributed by atoms with E-state index in [1.807, 2.05) is 42.5 Å². The van der Waals surface area contributed by atoms with Crippen molar-refractivity contribution in [1.29, 1.82) is 0 Å². The Bertz CT molecular complexity index is 1020. The van der Waals surface area contributed by atoms with Crippen molar-refractivity contribution in [1.82, 2.24) is 10.3 Å². The van der Waals surface area contributed by atoms with Crippen LogP contribution in [0.1, 0.15) is 46.0 Å². The summed E-state index contributed by atoms with van der Waals surface area (Å²) in [6, 6.07) is 13.5. The number of Topliss-reactive ketones (excluding diaryl/α,β-unsaturated/α-hetero) is 1. The predicted molar refractivity (Wildman–Crippen MR) is 105 cm³/mol. The first-order chi connectivity index (χ1) is 13.7. The molecule has 2 N–H and O–H groups in total. The molecule has 0 amide bonds. The predicted octanol–water partition coefficient (Wildman–Crippen LogP) is 3.44. The molecule has 0 spiro atoms. The van der Waals surface area contributed by atoms with Crippen LogP contribution in [0.15, 0.2) is 59.3 Å². The fourth-order valence-corrected chi connectivity index (χ4v) is 4.40. The van der Waals surface area contributed by atoms with Crippen LogP contribution in [0, 0.1) is 0 Å². The van der Waals surface area contributed by atoms with E-state index in [4.69, 9.17) is 4.42 Å². The van der Waals surface area contributed by atoms with Gasteiger partial charge in [0.2, 0.25) is 0 Å². The van der Waals surface area contributed by atoms with Crippen LogP contribution < -0.4 is 5.32 Å². The van der Waals surface area contributed by atoms with Gasteiger partial charge < -0.3 is 14.8 Å². The van der Waals surface area contributed by atoms with Crippen molar-refractivity contribution < 1.29 is 14.3 Å². The van der Waals surface area contributed by atoms with Crippen LogP contribution in [0.5, 0.6) is 0 Å². The zero-order chi connectivity index (χ0) is 19.1. The molecule has 1 fully saturated rings. The lowest BCUT2D eigenvalue weighted by Crippen LogP contribution is -2.39. The third kappa shape index (κ3) is 2.79. The normalized spacial score (nSPS) is 20.9. The number of carbonyl (C=O) groups is 1. The summed E-state index contributed by atoms with van der Waals surface area (Å²) >= 11 is 0. The number of aromatic nitrogens is 1. The number of carbonyl (C=O) groups excluding carboxylic acids is 1. The maximum atomic E-state index is 13.1. The van der Waals surface area contributed by atoms with Gasteiger partial charge in [0.15, 0.2) is 5.78 Å². The van der Waals surface area contributed by atoms with Crippen molar-refractivity contribution in [2.75, 3.05) is 13.1 Å². The molecule has 1 atom stereocenters. The second-order valence-electron chi connectivity index (χ2n) is 7.69. The number of nitrogens with zero attached hydrogens (tertiary/aromatic N) is 1. The zero-order valence-electron chi connectivity index (χ0n) is 15.5. The van der Waals surface area contributed by atoms with Crippen molar-refractivity contribution >= 4 is 5.78 Å². The molecule has 5 rings (SSSR count). The number of aliphatic hydroxyl groups is 1. The Morgan fingerprint density at radius 2 is 1.86 bits per heavy atom. The molecule has 5 heteroatoms. The lowest BCUT2D eigenvalue weighted by molar-refractivity contribution is -0.0132. The molecule has 1 aromatic carbocycles. The first-order valence-electron chi connectivity index (χ1n) is 9.75. The van der Waals surface area contributed by atoms with Crippen molar-refractivity contribution in [3.8, 4) is 11.3 Å². The summed E-state index contributed by atoms with van der Waals surface area (Å²) in [4.78, 5) is 17.2. The second kappa shape index (κ2) is 6.69. The SMILES string of the molecule is O=C1c2ccccc2CC1c1cc(C2(O)CCNCC2)oc1-c1ccncc1. The summed E-state index contributed by atoms with van der Waals surface area (Å²) in [5.74, 6) is 1.05. The smallest absolute Gasteiger partial charge is 0.171 e. The average molecular weight is 374 g/mol. The number of rotatable bonds is 3. The molecule has 1 aliphatic heterocycles. The van der Waals surface area contributed by atoms with Gasteiger partial charge in [-0.1, -0.05) is 24.3 Å². The first kappa shape index (κ1) is 17.3. The topological polar surface area (TPSA) is 75.4 Å². The van der Waals surface area contributed by atoms with E-state index < -0.39 is 5.60 Å². The van der Waals surface area contributed by atoms with Crippen molar-refractivity contribution in [2.45, 2.75) is 30.8 Å². The number of benzene rings is 1. The molecule has 0 radical (unpaired) electrons. The van der Waals surface area contributed by atoms with E-state index in [0.717, 1.165) is 35.3 Å². The molecule has 5 nitrogen and oxygen atoms in total. The molecule has 1 aliphatic carbocycles. The minimum absolute atomic E-state index is 0.121. The molecule has 1 saturated heterocycles. The molecule has 142 valence electrons. The van der Waals surface area contributed by atoms with E-state index in [1.54, 1.807) is 12.4 Å². The van der Waals surface area contributed by atoms with E-state index in [1.165, 1.54) is 0 Å². The number of furan rings is 1. The summed E-state index contributed by atoms with van der Waals surface area (Å²) in [5.41, 5.74) is 2.59. The van der Waals surface area contributed by atoms with Gasteiger partial charge in [-0.2, -0.15) is 0 Å². The lowest BCUT2D eigenvalue weighted by Gasteiger charge is -2.30. The fourth-order valence-electron chi connectivity index (χ4n) is 4.40. The largest absolute Gasteiger partial charge is 0.458 e. The van der Waals surface area contributed by atoms with Gasteiger partial charge in [-0.25, -0.2) is 0 Å². The van der Waals surface area contributed by atoms with Gasteiger partial charge in [-0.05, 0) is 56.1 Å². The number of ketones is 1. The minimum atomic E-state index is -1.00. The lowest BCUT2D eigenvalue weighted by atomic mass is 9.88. The quantitative estimate of drug-likeness (QED) is 0.735. The molecule has 1 unspecified atom stereocenters. The van der Waals surface area contributed by atoms with E-state index in [0.29, 0.717) is 30.8 Å². The van der Waals surface area contributed by atoms with Gasteiger partial charge in [-0.3, -0.25) is 9.78 Å². The van der Waals surface area contributed by atoms with Crippen LogP contribution in [0.4, 0.5) is 0 Å². The van der Waals surface area contributed by atoms with Crippen LogP contribution in [0.3, 0.4) is 0 Å². The van der Waals surface area contributed by atoms with Crippen LogP contribution in [0.2, 0.25) is 0 Å². The number of nitrogens with one attached hydrogen (secondary N) is 1. The van der Waals surface area contributed by atoms with Crippen LogP contribution in [0.25, 0.3) is 11.3 Å². The first-order valence-corrected chi connectivity index (χ1v) is 9.75. The van der Waals surface area contributed by atoms with Gasteiger partial charge in [-0.15, -0.1) is 0 Å². The highest BCUT2D eigenvalue weighted by atomic mass is 16.4. The molecule has 3 aromatic rings. The van der Waals surface area contributed by atoms with Gasteiger partial charge >= 0.3 is 0 Å². The van der Waals surface area contributed by atoms with E-state index in [9.17, 15) is 9.90 Å². The van der Waals surface area contributed by atoms with E-state index in [2.05, 4.69) is 10.3 Å². The third-order valence-electron chi connectivity index (χ3n) is 5.99. The number of pyridine rings is 1. The summed E-state index contributed by atoms with van der Waals surface area (Å²) in [7, 11) is 0. The van der Waals surface area contributed by atoms with Gasteiger partial charge in [0.1, 0.15) is 17.1 Å². The number of fused-ring (bicyclic) bond motifs is 1. The van der Waals surface area contributed by atoms with Crippen LogP contribution in [-0.4, -0.2) is 29.0 Å². The average Bonchev–Trinajstić information content (AvgIpc) is 3.32. The molecular weight excluding hydrogens is 352 g/mol. The molecule has 2 aliphatic rings. The summed E-state index contributed by atoms with van der Waals surface area (Å²) in [6.07, 6.45) is 5.27. The molecule has 3 heterocycles. The van der Waals surface area contributed by atoms with Gasteiger partial charge in [0.05, 0.1) is 5.92 Å².